The fraction of sp³-hybridized carbons (Fsp3) is 0.632. The quantitative estimate of drug-likeness (QED) is 0.679. The van der Waals surface area contributed by atoms with Crippen LogP contribution in [0.1, 0.15) is 6.42 Å². The lowest BCUT2D eigenvalue weighted by molar-refractivity contribution is -0.192. The molecular formula is C19H27F3N2O6S. The molecular weight excluding hydrogens is 441 g/mol. The van der Waals surface area contributed by atoms with Gasteiger partial charge in [0, 0.05) is 52.4 Å². The van der Waals surface area contributed by atoms with Gasteiger partial charge in [-0.3, -0.25) is 4.90 Å². The molecule has 31 heavy (non-hydrogen) atoms. The average Bonchev–Trinajstić information content (AvgIpc) is 3.15. The molecule has 2 aliphatic rings. The van der Waals surface area contributed by atoms with Crippen molar-refractivity contribution >= 4 is 16.0 Å². The van der Waals surface area contributed by atoms with Gasteiger partial charge < -0.3 is 14.6 Å². The van der Waals surface area contributed by atoms with Gasteiger partial charge in [0.1, 0.15) is 0 Å². The highest BCUT2D eigenvalue weighted by Gasteiger charge is 2.48. The molecule has 0 unspecified atom stereocenters. The Morgan fingerprint density at radius 1 is 1.19 bits per heavy atom. The molecule has 8 nitrogen and oxygen atoms in total. The Balaban J connectivity index is 0.000000423. The number of hydrogen-bond acceptors (Lipinski definition) is 6. The van der Waals surface area contributed by atoms with E-state index in [2.05, 4.69) is 4.90 Å². The van der Waals surface area contributed by atoms with Gasteiger partial charge in [0.05, 0.1) is 17.6 Å². The number of hydrogen-bond donors (Lipinski definition) is 1. The van der Waals surface area contributed by atoms with Crippen molar-refractivity contribution in [1.29, 1.82) is 0 Å². The van der Waals surface area contributed by atoms with Crippen molar-refractivity contribution in [3.05, 3.63) is 30.3 Å². The minimum Gasteiger partial charge on any atom is -0.475 e. The van der Waals surface area contributed by atoms with Crippen LogP contribution in [0.4, 0.5) is 13.2 Å². The van der Waals surface area contributed by atoms with Crippen LogP contribution >= 0.6 is 0 Å². The number of fused-ring (bicyclic) bond motifs is 1. The van der Waals surface area contributed by atoms with E-state index in [1.807, 2.05) is 6.07 Å². The number of benzene rings is 1. The largest absolute Gasteiger partial charge is 0.490 e. The zero-order valence-corrected chi connectivity index (χ0v) is 18.1. The maximum atomic E-state index is 13.1. The molecule has 176 valence electrons. The topological polar surface area (TPSA) is 96.4 Å². The predicted octanol–water partition coefficient (Wildman–Crippen LogP) is 1.68. The second kappa shape index (κ2) is 10.7. The third kappa shape index (κ3) is 6.39. The Bertz CT molecular complexity index is 822. The van der Waals surface area contributed by atoms with Crippen molar-refractivity contribution in [3.8, 4) is 0 Å². The van der Waals surface area contributed by atoms with Crippen molar-refractivity contribution in [1.82, 2.24) is 9.21 Å². The third-order valence-corrected chi connectivity index (χ3v) is 7.34. The monoisotopic (exact) mass is 468 g/mol. The first kappa shape index (κ1) is 25.5. The molecule has 0 radical (unpaired) electrons. The van der Waals surface area contributed by atoms with Crippen LogP contribution in [0.25, 0.3) is 0 Å². The molecule has 2 fully saturated rings. The number of rotatable bonds is 6. The molecule has 3 atom stereocenters. The first-order valence-corrected chi connectivity index (χ1v) is 11.1. The molecule has 2 saturated heterocycles. The highest BCUT2D eigenvalue weighted by atomic mass is 32.2. The lowest BCUT2D eigenvalue weighted by Crippen LogP contribution is -2.53. The Kier molecular flexibility index (Phi) is 8.83. The van der Waals surface area contributed by atoms with Crippen LogP contribution in [-0.4, -0.2) is 94.0 Å². The first-order chi connectivity index (χ1) is 14.5. The molecule has 2 heterocycles. The number of carboxylic acid groups (broad SMARTS) is 1. The van der Waals surface area contributed by atoms with E-state index >= 15 is 0 Å². The summed E-state index contributed by atoms with van der Waals surface area (Å²) in [7, 11) is -0.0611. The SMILES string of the molecule is COCCN1C[C@@H]2[C@@H](OC)CCN(S(=O)(=O)c3ccccc3)[C@@H]2C1.O=C(O)C(F)(F)F. The van der Waals surface area contributed by atoms with E-state index in [0.717, 1.165) is 26.1 Å². The second-order valence-corrected chi connectivity index (χ2v) is 9.17. The lowest BCUT2D eigenvalue weighted by atomic mass is 9.91. The van der Waals surface area contributed by atoms with Gasteiger partial charge in [0.2, 0.25) is 10.0 Å². The van der Waals surface area contributed by atoms with Crippen molar-refractivity contribution in [2.45, 2.75) is 29.6 Å². The smallest absolute Gasteiger partial charge is 0.475 e. The van der Waals surface area contributed by atoms with E-state index < -0.39 is 22.2 Å². The number of carbonyl (C=O) groups is 1. The normalized spacial score (nSPS) is 24.9. The van der Waals surface area contributed by atoms with Crippen molar-refractivity contribution in [2.75, 3.05) is 47.0 Å². The zero-order valence-electron chi connectivity index (χ0n) is 17.3. The van der Waals surface area contributed by atoms with E-state index in [9.17, 15) is 21.6 Å². The summed E-state index contributed by atoms with van der Waals surface area (Å²) < 4.78 is 70.4. The maximum absolute atomic E-state index is 13.1. The van der Waals surface area contributed by atoms with E-state index in [4.69, 9.17) is 19.4 Å². The molecule has 0 amide bonds. The average molecular weight is 468 g/mol. The van der Waals surface area contributed by atoms with Gasteiger partial charge in [-0.1, -0.05) is 18.2 Å². The lowest BCUT2D eigenvalue weighted by Gasteiger charge is -2.40. The summed E-state index contributed by atoms with van der Waals surface area (Å²) in [4.78, 5) is 11.5. The number of aliphatic carboxylic acids is 1. The zero-order chi connectivity index (χ0) is 23.2. The molecule has 1 aromatic rings. The first-order valence-electron chi connectivity index (χ1n) is 9.63. The van der Waals surface area contributed by atoms with Crippen molar-refractivity contribution in [3.63, 3.8) is 0 Å². The minimum absolute atomic E-state index is 0.0363. The van der Waals surface area contributed by atoms with Crippen molar-refractivity contribution in [2.24, 2.45) is 5.92 Å². The summed E-state index contributed by atoms with van der Waals surface area (Å²) in [6.45, 7) is 3.57. The van der Waals surface area contributed by atoms with E-state index in [1.165, 1.54) is 0 Å². The molecule has 3 rings (SSSR count). The Hall–Kier alpha value is -1.73. The van der Waals surface area contributed by atoms with Crippen LogP contribution < -0.4 is 0 Å². The summed E-state index contributed by atoms with van der Waals surface area (Å²) in [6.07, 6.45) is -4.23. The van der Waals surface area contributed by atoms with Crippen LogP contribution in [0.15, 0.2) is 35.2 Å². The van der Waals surface area contributed by atoms with Crippen molar-refractivity contribution < 1.29 is 41.0 Å². The summed E-state index contributed by atoms with van der Waals surface area (Å²) in [6, 6.07) is 8.68. The Morgan fingerprint density at radius 3 is 2.32 bits per heavy atom. The van der Waals surface area contributed by atoms with Crippen LogP contribution in [0.5, 0.6) is 0 Å². The number of carboxylic acids is 1. The molecule has 1 N–H and O–H groups in total. The summed E-state index contributed by atoms with van der Waals surface area (Å²) >= 11 is 0. The Labute approximate surface area is 179 Å². The van der Waals surface area contributed by atoms with Crippen LogP contribution in [0, 0.1) is 5.92 Å². The van der Waals surface area contributed by atoms with Gasteiger partial charge in [-0.15, -0.1) is 0 Å². The number of likely N-dealkylation sites (tertiary alicyclic amines) is 1. The van der Waals surface area contributed by atoms with Gasteiger partial charge in [-0.05, 0) is 18.6 Å². The van der Waals surface area contributed by atoms with E-state index in [-0.39, 0.29) is 18.1 Å². The summed E-state index contributed by atoms with van der Waals surface area (Å²) in [5.41, 5.74) is 0. The minimum atomic E-state index is -5.08. The molecule has 2 aliphatic heterocycles. The maximum Gasteiger partial charge on any atom is 0.490 e. The standard InChI is InChI=1S/C17H26N2O4S.C2HF3O2/c1-22-11-10-18-12-15-16(13-18)19(9-8-17(15)23-2)24(20,21)14-6-4-3-5-7-14;3-2(4,5)1(6)7/h3-7,15-17H,8-13H2,1-2H3;(H,6,7)/t15-,16+,17-;/m0./s1. The molecule has 12 heteroatoms. The fourth-order valence-corrected chi connectivity index (χ4v) is 5.62. The van der Waals surface area contributed by atoms with Crippen LogP contribution in [0.2, 0.25) is 0 Å². The molecule has 0 saturated carbocycles. The van der Waals surface area contributed by atoms with Crippen LogP contribution in [-0.2, 0) is 24.3 Å². The molecule has 0 aliphatic carbocycles. The number of piperidine rings is 1. The molecule has 1 aromatic carbocycles. The van der Waals surface area contributed by atoms with Crippen LogP contribution in [0.3, 0.4) is 0 Å². The highest BCUT2D eigenvalue weighted by Crippen LogP contribution is 2.35. The summed E-state index contributed by atoms with van der Waals surface area (Å²) in [5, 5.41) is 7.12. The molecule has 0 aromatic heterocycles. The second-order valence-electron chi connectivity index (χ2n) is 7.28. The number of nitrogens with zero attached hydrogens (tertiary/aromatic N) is 2. The number of methoxy groups -OCH3 is 2. The molecule has 0 spiro atoms. The number of alkyl halides is 3. The fourth-order valence-electron chi connectivity index (χ4n) is 3.92. The van der Waals surface area contributed by atoms with Gasteiger partial charge in [-0.2, -0.15) is 17.5 Å². The number of ether oxygens (including phenoxy) is 2. The highest BCUT2D eigenvalue weighted by molar-refractivity contribution is 7.89. The van der Waals surface area contributed by atoms with Gasteiger partial charge >= 0.3 is 12.1 Å². The van der Waals surface area contributed by atoms with Gasteiger partial charge in [0.25, 0.3) is 0 Å². The summed E-state index contributed by atoms with van der Waals surface area (Å²) in [5.74, 6) is -2.55. The predicted molar refractivity (Wildman–Crippen MR) is 105 cm³/mol. The van der Waals surface area contributed by atoms with Gasteiger partial charge in [-0.25, -0.2) is 13.2 Å². The number of sulfonamides is 1. The third-order valence-electron chi connectivity index (χ3n) is 5.40. The molecule has 0 bridgehead atoms. The Morgan fingerprint density at radius 2 is 1.81 bits per heavy atom. The van der Waals surface area contributed by atoms with E-state index in [0.29, 0.717) is 18.0 Å². The number of halogens is 3. The van der Waals surface area contributed by atoms with E-state index in [1.54, 1.807) is 42.8 Å². The van der Waals surface area contributed by atoms with Gasteiger partial charge in [0.15, 0.2) is 0 Å².